The maximum Gasteiger partial charge on any atom is 0.187 e. The Morgan fingerprint density at radius 2 is 2.30 bits per heavy atom. The number of halogens is 1. The fourth-order valence-electron chi connectivity index (χ4n) is 2.58. The standard InChI is InChI=1S/C15H13BrN4O2S/c16-9-1-2-10-11(7-9)22-6-3-12-13(10)19-15(23-12)14-17-8-18-20(14)4-5-21/h1-2,7-8,21H,3-6H2. The number of fused-ring (bicyclic) bond motifs is 3. The predicted molar refractivity (Wildman–Crippen MR) is 90.6 cm³/mol. The molecule has 0 saturated carbocycles. The number of aliphatic hydroxyl groups excluding tert-OH is 1. The van der Waals surface area contributed by atoms with Crippen LogP contribution in [-0.4, -0.2) is 38.1 Å². The minimum atomic E-state index is 0.0200. The van der Waals surface area contributed by atoms with E-state index in [1.807, 2.05) is 18.2 Å². The van der Waals surface area contributed by atoms with Crippen LogP contribution in [0.15, 0.2) is 29.0 Å². The maximum absolute atomic E-state index is 9.14. The molecule has 8 heteroatoms. The van der Waals surface area contributed by atoms with Gasteiger partial charge in [0, 0.05) is 21.3 Å². The fourth-order valence-corrected chi connectivity index (χ4v) is 3.98. The molecule has 0 aliphatic carbocycles. The Morgan fingerprint density at radius 3 is 3.17 bits per heavy atom. The molecule has 118 valence electrons. The lowest BCUT2D eigenvalue weighted by Crippen LogP contribution is -2.05. The molecule has 1 aliphatic heterocycles. The smallest absolute Gasteiger partial charge is 0.187 e. The zero-order chi connectivity index (χ0) is 15.8. The second-order valence-corrected chi connectivity index (χ2v) is 7.06. The van der Waals surface area contributed by atoms with E-state index in [4.69, 9.17) is 14.8 Å². The number of nitrogens with zero attached hydrogens (tertiary/aromatic N) is 4. The number of benzene rings is 1. The normalized spacial score (nSPS) is 13.1. The second-order valence-electron chi connectivity index (χ2n) is 5.06. The van der Waals surface area contributed by atoms with Gasteiger partial charge in [-0.05, 0) is 18.2 Å². The molecule has 3 heterocycles. The molecular weight excluding hydrogens is 380 g/mol. The molecule has 1 N–H and O–H groups in total. The number of hydrogen-bond acceptors (Lipinski definition) is 6. The molecule has 6 nitrogen and oxygen atoms in total. The molecule has 0 amide bonds. The third kappa shape index (κ3) is 2.66. The molecule has 1 aliphatic rings. The molecule has 4 rings (SSSR count). The van der Waals surface area contributed by atoms with Crippen LogP contribution in [0.4, 0.5) is 0 Å². The van der Waals surface area contributed by atoms with E-state index in [0.29, 0.717) is 19.0 Å². The van der Waals surface area contributed by atoms with Crippen LogP contribution in [0.5, 0.6) is 5.75 Å². The first-order valence-electron chi connectivity index (χ1n) is 7.17. The van der Waals surface area contributed by atoms with E-state index in [2.05, 4.69) is 26.0 Å². The SMILES string of the molecule is OCCn1ncnc1-c1nc2c(s1)CCOc1cc(Br)ccc1-2. The lowest BCUT2D eigenvalue weighted by Gasteiger charge is -2.07. The Kier molecular flexibility index (Phi) is 3.88. The molecule has 0 atom stereocenters. The van der Waals surface area contributed by atoms with Gasteiger partial charge < -0.3 is 9.84 Å². The zero-order valence-corrected chi connectivity index (χ0v) is 14.5. The van der Waals surface area contributed by atoms with Crippen molar-refractivity contribution in [2.45, 2.75) is 13.0 Å². The first-order chi connectivity index (χ1) is 11.3. The third-order valence-electron chi connectivity index (χ3n) is 3.60. The summed E-state index contributed by atoms with van der Waals surface area (Å²) in [5.41, 5.74) is 1.94. The monoisotopic (exact) mass is 392 g/mol. The summed E-state index contributed by atoms with van der Waals surface area (Å²) in [7, 11) is 0. The molecule has 0 bridgehead atoms. The van der Waals surface area contributed by atoms with Crippen LogP contribution in [0.3, 0.4) is 0 Å². The predicted octanol–water partition coefficient (Wildman–Crippen LogP) is 2.76. The van der Waals surface area contributed by atoms with Gasteiger partial charge in [0.15, 0.2) is 10.8 Å². The lowest BCUT2D eigenvalue weighted by atomic mass is 10.1. The summed E-state index contributed by atoms with van der Waals surface area (Å²) < 4.78 is 8.50. The van der Waals surface area contributed by atoms with E-state index in [1.165, 1.54) is 11.2 Å². The highest BCUT2D eigenvalue weighted by atomic mass is 79.9. The molecule has 23 heavy (non-hydrogen) atoms. The second kappa shape index (κ2) is 6.03. The van der Waals surface area contributed by atoms with E-state index in [1.54, 1.807) is 16.0 Å². The minimum absolute atomic E-state index is 0.0200. The van der Waals surface area contributed by atoms with Gasteiger partial charge in [0.1, 0.15) is 12.1 Å². The van der Waals surface area contributed by atoms with Gasteiger partial charge >= 0.3 is 0 Å². The lowest BCUT2D eigenvalue weighted by molar-refractivity contribution is 0.270. The Hall–Kier alpha value is -1.77. The molecule has 0 saturated heterocycles. The Morgan fingerprint density at radius 1 is 1.39 bits per heavy atom. The van der Waals surface area contributed by atoms with Crippen LogP contribution >= 0.6 is 27.3 Å². The van der Waals surface area contributed by atoms with Crippen molar-refractivity contribution < 1.29 is 9.84 Å². The van der Waals surface area contributed by atoms with Crippen LogP contribution in [0.2, 0.25) is 0 Å². The Labute approximate surface area is 144 Å². The number of ether oxygens (including phenoxy) is 1. The van der Waals surface area contributed by atoms with Gasteiger partial charge in [0.2, 0.25) is 0 Å². The number of aromatic nitrogens is 4. The van der Waals surface area contributed by atoms with Crippen molar-refractivity contribution in [3.63, 3.8) is 0 Å². The maximum atomic E-state index is 9.14. The van der Waals surface area contributed by atoms with E-state index in [-0.39, 0.29) is 6.61 Å². The summed E-state index contributed by atoms with van der Waals surface area (Å²) in [5.74, 6) is 1.53. The summed E-state index contributed by atoms with van der Waals surface area (Å²) in [5, 5.41) is 14.1. The molecule has 0 radical (unpaired) electrons. The van der Waals surface area contributed by atoms with Gasteiger partial charge in [0.05, 0.1) is 25.5 Å². The molecule has 0 fully saturated rings. The van der Waals surface area contributed by atoms with Crippen molar-refractivity contribution in [3.8, 4) is 27.8 Å². The fraction of sp³-hybridized carbons (Fsp3) is 0.267. The Balaban J connectivity index is 1.82. The molecule has 1 aromatic carbocycles. The van der Waals surface area contributed by atoms with Crippen LogP contribution in [0.1, 0.15) is 4.88 Å². The highest BCUT2D eigenvalue weighted by Crippen LogP contribution is 2.40. The number of aliphatic hydroxyl groups is 1. The molecule has 0 unspecified atom stereocenters. The van der Waals surface area contributed by atoms with Gasteiger partial charge in [-0.15, -0.1) is 11.3 Å². The van der Waals surface area contributed by atoms with Crippen LogP contribution in [0.25, 0.3) is 22.1 Å². The summed E-state index contributed by atoms with van der Waals surface area (Å²) in [6, 6.07) is 5.98. The summed E-state index contributed by atoms with van der Waals surface area (Å²) in [6.07, 6.45) is 2.30. The van der Waals surface area contributed by atoms with Crippen molar-refractivity contribution in [3.05, 3.63) is 33.9 Å². The largest absolute Gasteiger partial charge is 0.492 e. The highest BCUT2D eigenvalue weighted by Gasteiger charge is 2.22. The van der Waals surface area contributed by atoms with Crippen molar-refractivity contribution in [2.75, 3.05) is 13.2 Å². The topological polar surface area (TPSA) is 73.1 Å². The van der Waals surface area contributed by atoms with Gasteiger partial charge in [-0.3, -0.25) is 0 Å². The summed E-state index contributed by atoms with van der Waals surface area (Å²) in [4.78, 5) is 10.3. The number of thiazole rings is 1. The van der Waals surface area contributed by atoms with E-state index in [9.17, 15) is 0 Å². The summed E-state index contributed by atoms with van der Waals surface area (Å²) in [6.45, 7) is 1.06. The summed E-state index contributed by atoms with van der Waals surface area (Å²) >= 11 is 5.08. The first-order valence-corrected chi connectivity index (χ1v) is 8.78. The van der Waals surface area contributed by atoms with Crippen molar-refractivity contribution in [1.82, 2.24) is 19.7 Å². The molecular formula is C15H13BrN4O2S. The van der Waals surface area contributed by atoms with E-state index in [0.717, 1.165) is 32.9 Å². The van der Waals surface area contributed by atoms with Crippen molar-refractivity contribution in [2.24, 2.45) is 0 Å². The number of rotatable bonds is 3. The van der Waals surface area contributed by atoms with Gasteiger partial charge in [0.25, 0.3) is 0 Å². The van der Waals surface area contributed by atoms with E-state index < -0.39 is 0 Å². The first kappa shape index (κ1) is 14.8. The van der Waals surface area contributed by atoms with Gasteiger partial charge in [-0.2, -0.15) is 5.10 Å². The minimum Gasteiger partial charge on any atom is -0.492 e. The average Bonchev–Trinajstić information content (AvgIpc) is 3.12. The third-order valence-corrected chi connectivity index (χ3v) is 5.21. The van der Waals surface area contributed by atoms with Gasteiger partial charge in [-0.1, -0.05) is 15.9 Å². The van der Waals surface area contributed by atoms with Crippen LogP contribution in [-0.2, 0) is 13.0 Å². The molecule has 0 spiro atoms. The molecule has 3 aromatic rings. The zero-order valence-electron chi connectivity index (χ0n) is 12.1. The van der Waals surface area contributed by atoms with Crippen LogP contribution in [0, 0.1) is 0 Å². The van der Waals surface area contributed by atoms with Gasteiger partial charge in [-0.25, -0.2) is 14.6 Å². The van der Waals surface area contributed by atoms with Crippen LogP contribution < -0.4 is 4.74 Å². The molecule has 2 aromatic heterocycles. The average molecular weight is 393 g/mol. The number of hydrogen-bond donors (Lipinski definition) is 1. The quantitative estimate of drug-likeness (QED) is 0.741. The van der Waals surface area contributed by atoms with Crippen molar-refractivity contribution in [1.29, 1.82) is 0 Å². The van der Waals surface area contributed by atoms with E-state index >= 15 is 0 Å². The Bertz CT molecular complexity index is 861. The van der Waals surface area contributed by atoms with Crippen molar-refractivity contribution >= 4 is 27.3 Å². The highest BCUT2D eigenvalue weighted by molar-refractivity contribution is 9.10.